The first-order valence-electron chi connectivity index (χ1n) is 9.97. The summed E-state index contributed by atoms with van der Waals surface area (Å²) in [4.78, 5) is 36.8. The Morgan fingerprint density at radius 2 is 1.52 bits per heavy atom. The lowest BCUT2D eigenvalue weighted by Crippen LogP contribution is -2.51. The van der Waals surface area contributed by atoms with Crippen LogP contribution in [0.4, 0.5) is 5.69 Å². The minimum atomic E-state index is -0.794. The molecule has 1 aromatic carbocycles. The molecule has 5 nitrogen and oxygen atoms in total. The fraction of sp³-hybridized carbons (Fsp3) is 0.591. The third-order valence-electron chi connectivity index (χ3n) is 6.61. The van der Waals surface area contributed by atoms with Gasteiger partial charge in [0.2, 0.25) is 11.7 Å². The van der Waals surface area contributed by atoms with Gasteiger partial charge in [-0.1, -0.05) is 0 Å². The van der Waals surface area contributed by atoms with Gasteiger partial charge >= 0.3 is 5.97 Å². The van der Waals surface area contributed by atoms with Gasteiger partial charge < -0.3 is 10.1 Å². The molecule has 1 atom stereocenters. The largest absolute Gasteiger partial charge is 0.454 e. The molecule has 4 saturated carbocycles. The summed E-state index contributed by atoms with van der Waals surface area (Å²) >= 11 is 0. The number of Topliss-reactive ketones (excluding diaryl/α,β-unsaturated/α-hetero) is 1. The number of amides is 1. The Hall–Kier alpha value is -2.17. The van der Waals surface area contributed by atoms with Gasteiger partial charge in [0.1, 0.15) is 0 Å². The molecule has 4 fully saturated rings. The van der Waals surface area contributed by atoms with Crippen LogP contribution in [-0.4, -0.2) is 23.8 Å². The number of nitrogens with one attached hydrogen (secondary N) is 1. The molecule has 1 aromatic rings. The lowest BCUT2D eigenvalue weighted by molar-refractivity contribution is -0.174. The summed E-state index contributed by atoms with van der Waals surface area (Å²) in [5, 5.41) is 2.67. The van der Waals surface area contributed by atoms with Crippen LogP contribution in [0.1, 0.15) is 62.7 Å². The zero-order valence-corrected chi connectivity index (χ0v) is 16.0. The molecule has 0 saturated heterocycles. The molecule has 0 aliphatic heterocycles. The summed E-state index contributed by atoms with van der Waals surface area (Å²) in [5.74, 6) is 1.45. The lowest BCUT2D eigenvalue weighted by atomic mass is 9.49. The van der Waals surface area contributed by atoms with Crippen LogP contribution in [-0.2, 0) is 14.3 Å². The van der Waals surface area contributed by atoms with Crippen molar-refractivity contribution in [2.45, 2.75) is 58.5 Å². The molecule has 27 heavy (non-hydrogen) atoms. The van der Waals surface area contributed by atoms with Crippen molar-refractivity contribution in [2.24, 2.45) is 23.2 Å². The van der Waals surface area contributed by atoms with Crippen LogP contribution >= 0.6 is 0 Å². The maximum absolute atomic E-state index is 13.0. The highest BCUT2D eigenvalue weighted by Crippen LogP contribution is 2.60. The van der Waals surface area contributed by atoms with Gasteiger partial charge in [-0.15, -0.1) is 0 Å². The highest BCUT2D eigenvalue weighted by molar-refractivity contribution is 6.01. The van der Waals surface area contributed by atoms with E-state index in [9.17, 15) is 14.4 Å². The maximum atomic E-state index is 13.0. The molecule has 4 aliphatic rings. The Balaban J connectivity index is 1.41. The van der Waals surface area contributed by atoms with Crippen LogP contribution in [0.2, 0.25) is 0 Å². The predicted octanol–water partition coefficient (Wildman–Crippen LogP) is 3.98. The van der Waals surface area contributed by atoms with E-state index in [-0.39, 0.29) is 23.1 Å². The highest BCUT2D eigenvalue weighted by atomic mass is 16.5. The Morgan fingerprint density at radius 1 is 1.00 bits per heavy atom. The van der Waals surface area contributed by atoms with Crippen molar-refractivity contribution in [2.75, 3.05) is 5.32 Å². The molecule has 4 bridgehead atoms. The van der Waals surface area contributed by atoms with Crippen LogP contribution in [0.3, 0.4) is 0 Å². The smallest absolute Gasteiger partial charge is 0.312 e. The predicted molar refractivity (Wildman–Crippen MR) is 101 cm³/mol. The molecule has 144 valence electrons. The number of ketones is 1. The minimum Gasteiger partial charge on any atom is -0.454 e. The van der Waals surface area contributed by atoms with Gasteiger partial charge in [0.05, 0.1) is 5.41 Å². The van der Waals surface area contributed by atoms with Crippen molar-refractivity contribution in [3.8, 4) is 0 Å². The first-order chi connectivity index (χ1) is 12.8. The average Bonchev–Trinajstić information content (AvgIpc) is 2.60. The molecular weight excluding hydrogens is 342 g/mol. The van der Waals surface area contributed by atoms with Gasteiger partial charge in [-0.2, -0.15) is 0 Å². The zero-order chi connectivity index (χ0) is 19.2. The molecule has 1 N–H and O–H groups in total. The third-order valence-corrected chi connectivity index (χ3v) is 6.61. The molecule has 5 heteroatoms. The van der Waals surface area contributed by atoms with Crippen LogP contribution in [0.25, 0.3) is 0 Å². The average molecular weight is 369 g/mol. The molecule has 5 rings (SSSR count). The minimum absolute atomic E-state index is 0.160. The molecule has 0 radical (unpaired) electrons. The van der Waals surface area contributed by atoms with Gasteiger partial charge in [-0.25, -0.2) is 0 Å². The van der Waals surface area contributed by atoms with Crippen molar-refractivity contribution < 1.29 is 19.1 Å². The van der Waals surface area contributed by atoms with E-state index in [2.05, 4.69) is 5.32 Å². The fourth-order valence-corrected chi connectivity index (χ4v) is 5.86. The van der Waals surface area contributed by atoms with Crippen molar-refractivity contribution in [1.82, 2.24) is 0 Å². The van der Waals surface area contributed by atoms with E-state index in [0.29, 0.717) is 29.0 Å². The van der Waals surface area contributed by atoms with E-state index in [4.69, 9.17) is 4.74 Å². The summed E-state index contributed by atoms with van der Waals surface area (Å²) in [6, 6.07) is 6.68. The second kappa shape index (κ2) is 6.77. The number of anilines is 1. The van der Waals surface area contributed by atoms with Crippen LogP contribution in [0, 0.1) is 23.2 Å². The second-order valence-electron chi connectivity index (χ2n) is 8.87. The Labute approximate surface area is 159 Å². The quantitative estimate of drug-likeness (QED) is 0.629. The standard InChI is InChI=1S/C22H27NO4/c1-13(20(25)18-3-5-19(6-4-18)23-14(2)24)27-21(26)22-10-15-7-16(11-22)9-17(8-15)12-22/h3-6,13,15-17H,7-12H2,1-2H3,(H,23,24)/t13-,15?,16?,17?,22?/m0/s1. The van der Waals surface area contributed by atoms with Crippen molar-refractivity contribution in [3.63, 3.8) is 0 Å². The van der Waals surface area contributed by atoms with Crippen LogP contribution in [0.15, 0.2) is 24.3 Å². The van der Waals surface area contributed by atoms with Crippen molar-refractivity contribution in [3.05, 3.63) is 29.8 Å². The number of carbonyl (C=O) groups excluding carboxylic acids is 3. The van der Waals surface area contributed by atoms with E-state index in [1.165, 1.54) is 26.2 Å². The van der Waals surface area contributed by atoms with Gasteiger partial charge in [-0.3, -0.25) is 14.4 Å². The molecule has 0 unspecified atom stereocenters. The topological polar surface area (TPSA) is 72.5 Å². The SMILES string of the molecule is CC(=O)Nc1ccc(C(=O)[C@H](C)OC(=O)C23CC4CC(CC(C4)C2)C3)cc1. The number of hydrogen-bond acceptors (Lipinski definition) is 4. The lowest BCUT2D eigenvalue weighted by Gasteiger charge is -2.55. The molecule has 1 amide bonds. The number of carbonyl (C=O) groups is 3. The summed E-state index contributed by atoms with van der Waals surface area (Å²) in [6.45, 7) is 3.09. The van der Waals surface area contributed by atoms with E-state index >= 15 is 0 Å². The summed E-state index contributed by atoms with van der Waals surface area (Å²) in [7, 11) is 0. The van der Waals surface area contributed by atoms with E-state index in [0.717, 1.165) is 19.3 Å². The molecular formula is C22H27NO4. The number of rotatable bonds is 5. The van der Waals surface area contributed by atoms with E-state index < -0.39 is 6.10 Å². The van der Waals surface area contributed by atoms with Crippen molar-refractivity contribution >= 4 is 23.3 Å². The molecule has 0 spiro atoms. The Bertz CT molecular complexity index is 732. The summed E-state index contributed by atoms with van der Waals surface area (Å²) in [5.41, 5.74) is 0.769. The number of ether oxygens (including phenoxy) is 1. The maximum Gasteiger partial charge on any atom is 0.312 e. The number of esters is 1. The van der Waals surface area contributed by atoms with Crippen LogP contribution < -0.4 is 5.32 Å². The Morgan fingerprint density at radius 3 is 2.00 bits per heavy atom. The normalized spacial score (nSPS) is 32.0. The van der Waals surface area contributed by atoms with Gasteiger partial charge in [0.15, 0.2) is 6.10 Å². The van der Waals surface area contributed by atoms with Crippen LogP contribution in [0.5, 0.6) is 0 Å². The summed E-state index contributed by atoms with van der Waals surface area (Å²) in [6.07, 6.45) is 5.81. The first-order valence-corrected chi connectivity index (χ1v) is 9.97. The Kier molecular flexibility index (Phi) is 4.57. The summed E-state index contributed by atoms with van der Waals surface area (Å²) < 4.78 is 5.69. The van der Waals surface area contributed by atoms with Gasteiger partial charge in [0.25, 0.3) is 0 Å². The molecule has 4 aliphatic carbocycles. The number of benzene rings is 1. The first kappa shape index (κ1) is 18.2. The van der Waals surface area contributed by atoms with Gasteiger partial charge in [-0.05, 0) is 87.5 Å². The van der Waals surface area contributed by atoms with Crippen molar-refractivity contribution in [1.29, 1.82) is 0 Å². The van der Waals surface area contributed by atoms with Gasteiger partial charge in [0, 0.05) is 18.2 Å². The number of hydrogen-bond donors (Lipinski definition) is 1. The fourth-order valence-electron chi connectivity index (χ4n) is 5.86. The molecule has 0 aromatic heterocycles. The zero-order valence-electron chi connectivity index (χ0n) is 16.0. The van der Waals surface area contributed by atoms with E-state index in [1.807, 2.05) is 0 Å². The second-order valence-corrected chi connectivity index (χ2v) is 8.87. The monoisotopic (exact) mass is 369 g/mol. The molecule has 0 heterocycles. The van der Waals surface area contributed by atoms with E-state index in [1.54, 1.807) is 31.2 Å². The highest BCUT2D eigenvalue weighted by Gasteiger charge is 2.55. The third kappa shape index (κ3) is 3.52.